The van der Waals surface area contributed by atoms with Gasteiger partial charge in [-0.1, -0.05) is 109 Å². The van der Waals surface area contributed by atoms with Crippen LogP contribution >= 0.6 is 0 Å². The fourth-order valence-electron chi connectivity index (χ4n) is 21.6. The van der Waals surface area contributed by atoms with Crippen molar-refractivity contribution in [3.63, 3.8) is 0 Å². The lowest BCUT2D eigenvalue weighted by atomic mass is 9.84. The number of pyridine rings is 4. The highest BCUT2D eigenvalue weighted by atomic mass is 16.3. The molecular weight excluding hydrogens is 1410 g/mol. The summed E-state index contributed by atoms with van der Waals surface area (Å²) in [7, 11) is 0. The number of nitrogens with zero attached hydrogens (tertiary/aromatic N) is 6. The standard InChI is InChI=1S/C38H32N2O2.2C32H16N2O2/c1-9-23-31-27-19-21-7-3-16-40-18-6-12-26(36(21)40)38(27)42-30-14-2-10-24(34(30)31)32-28-20-22-8-4-15-39-17-5-11-25(35(22)39)37(28)41-29(13-1)33(23)32;1-7-19-25-21-13-11-18-6-4-16-34-30(18)32(21)36-24-10-2-8-20(28(24)25)26-22-14-12-17-5-3-15-33-29(17)31(22)35-23(9-1)27(19)26;1-3-21-27-23-9-7-18-16-34-14-12-20(18)32(23)36-26-6-2-4-22(30(26)27)28-24-10-8-17-15-33-13-11-19(17)31(24)35-25(5-1)29(21)28/h1-2,9-10,13-14,19-20H,3-8,11-12,15-18H2;2*1-16H. The summed E-state index contributed by atoms with van der Waals surface area (Å²) in [6.45, 7) is 4.67. The zero-order chi connectivity index (χ0) is 73.9. The summed E-state index contributed by atoms with van der Waals surface area (Å²) in [5.41, 5.74) is 21.6. The van der Waals surface area contributed by atoms with Crippen LogP contribution in [0.25, 0.3) is 240 Å². The van der Waals surface area contributed by atoms with Gasteiger partial charge in [-0.05, 0) is 192 Å². The molecule has 4 aliphatic heterocycles. The van der Waals surface area contributed by atoms with Crippen LogP contribution in [0.1, 0.15) is 47.9 Å². The monoisotopic (exact) mass is 1470 g/mol. The van der Waals surface area contributed by atoms with Crippen LogP contribution in [0.15, 0.2) is 270 Å². The number of fused-ring (bicyclic) bond motifs is 28. The van der Waals surface area contributed by atoms with Crippen molar-refractivity contribution in [2.24, 2.45) is 0 Å². The van der Waals surface area contributed by atoms with Crippen molar-refractivity contribution in [1.29, 1.82) is 0 Å². The number of benzene rings is 15. The minimum absolute atomic E-state index is 0.807. The summed E-state index contributed by atoms with van der Waals surface area (Å²) in [6.07, 6.45) is 20.4. The Labute approximate surface area is 646 Å². The molecule has 0 aliphatic carbocycles. The van der Waals surface area contributed by atoms with Gasteiger partial charge in [0.05, 0.1) is 0 Å². The topological polar surface area (TPSA) is 137 Å². The van der Waals surface area contributed by atoms with E-state index < -0.39 is 0 Å². The number of rotatable bonds is 0. The zero-order valence-electron chi connectivity index (χ0n) is 61.7. The first kappa shape index (κ1) is 61.6. The third kappa shape index (κ3) is 8.25. The van der Waals surface area contributed by atoms with Crippen LogP contribution in [0.2, 0.25) is 0 Å². The second-order valence-electron chi connectivity index (χ2n) is 31.9. The van der Waals surface area contributed by atoms with Crippen molar-refractivity contribution in [2.45, 2.75) is 51.4 Å². The number of hydrogen-bond acceptors (Lipinski definition) is 12. The molecule has 15 aromatic carbocycles. The van der Waals surface area contributed by atoms with E-state index in [2.05, 4.69) is 212 Å². The van der Waals surface area contributed by atoms with Crippen molar-refractivity contribution in [2.75, 3.05) is 36.0 Å². The van der Waals surface area contributed by atoms with E-state index in [1.165, 1.54) is 161 Å². The molecular formula is C102H64N6O6. The average Bonchev–Trinajstić information content (AvgIpc) is 0.703. The Morgan fingerprint density at radius 1 is 0.237 bits per heavy atom. The Kier molecular flexibility index (Phi) is 12.3. The van der Waals surface area contributed by atoms with Crippen molar-refractivity contribution in [1.82, 2.24) is 19.9 Å². The molecule has 0 saturated heterocycles. The van der Waals surface area contributed by atoms with Gasteiger partial charge in [-0.3, -0.25) is 19.9 Å². The maximum atomic E-state index is 7.00. The smallest absolute Gasteiger partial charge is 0.161 e. The summed E-state index contributed by atoms with van der Waals surface area (Å²) >= 11 is 0. The molecule has 12 heteroatoms. The Hall–Kier alpha value is -14.1. The van der Waals surface area contributed by atoms with Crippen LogP contribution < -0.4 is 9.80 Å². The Bertz CT molecular complexity index is 7840. The molecule has 0 N–H and O–H groups in total. The van der Waals surface area contributed by atoms with Crippen molar-refractivity contribution >= 4 is 251 Å². The normalized spacial score (nSPS) is 14.6. The molecule has 29 rings (SSSR count). The zero-order valence-corrected chi connectivity index (χ0v) is 61.7. The molecule has 0 radical (unpaired) electrons. The van der Waals surface area contributed by atoms with Gasteiger partial charge in [-0.2, -0.15) is 0 Å². The largest absolute Gasteiger partial charge is 0.456 e. The number of anilines is 2. The molecule has 0 saturated carbocycles. The lowest BCUT2D eigenvalue weighted by Crippen LogP contribution is -2.34. The Morgan fingerprint density at radius 3 is 0.921 bits per heavy atom. The van der Waals surface area contributed by atoms with Crippen LogP contribution in [0.5, 0.6) is 0 Å². The van der Waals surface area contributed by atoms with Gasteiger partial charge < -0.3 is 36.3 Å². The third-order valence-electron chi connectivity index (χ3n) is 26.1. The van der Waals surface area contributed by atoms with E-state index in [9.17, 15) is 0 Å². The summed E-state index contributed by atoms with van der Waals surface area (Å²) in [6, 6.07) is 73.1. The molecule has 4 aliphatic rings. The fourth-order valence-corrected chi connectivity index (χ4v) is 21.6. The van der Waals surface area contributed by atoms with Crippen molar-refractivity contribution < 1.29 is 26.5 Å². The van der Waals surface area contributed by atoms with Crippen LogP contribution in [-0.2, 0) is 25.7 Å². The van der Waals surface area contributed by atoms with Gasteiger partial charge in [0, 0.05) is 215 Å². The highest BCUT2D eigenvalue weighted by Gasteiger charge is 2.33. The summed E-state index contributed by atoms with van der Waals surface area (Å²) < 4.78 is 40.5. The first-order chi connectivity index (χ1) is 56.6. The first-order valence-corrected chi connectivity index (χ1v) is 40.1. The summed E-state index contributed by atoms with van der Waals surface area (Å²) in [5, 5.41) is 34.9. The van der Waals surface area contributed by atoms with Gasteiger partial charge in [0.15, 0.2) is 11.2 Å². The molecule has 10 aromatic heterocycles. The molecule has 114 heavy (non-hydrogen) atoms. The predicted molar refractivity (Wildman–Crippen MR) is 467 cm³/mol. The molecule has 25 aromatic rings. The lowest BCUT2D eigenvalue weighted by molar-refractivity contribution is 0.614. The van der Waals surface area contributed by atoms with Gasteiger partial charge in [-0.15, -0.1) is 0 Å². The molecule has 0 amide bonds. The van der Waals surface area contributed by atoms with Crippen LogP contribution in [0.3, 0.4) is 0 Å². The van der Waals surface area contributed by atoms with E-state index in [-0.39, 0.29) is 0 Å². The number of hydrogen-bond donors (Lipinski definition) is 0. The maximum Gasteiger partial charge on any atom is 0.161 e. The van der Waals surface area contributed by atoms with Crippen LogP contribution in [-0.4, -0.2) is 46.1 Å². The van der Waals surface area contributed by atoms with Crippen LogP contribution in [0.4, 0.5) is 11.4 Å². The minimum Gasteiger partial charge on any atom is -0.456 e. The van der Waals surface area contributed by atoms with Crippen LogP contribution in [0, 0.1) is 0 Å². The van der Waals surface area contributed by atoms with E-state index in [4.69, 9.17) is 26.5 Å². The Balaban J connectivity index is 0.0000000925. The Morgan fingerprint density at radius 2 is 0.553 bits per heavy atom. The predicted octanol–water partition coefficient (Wildman–Crippen LogP) is 27.0. The summed E-state index contributed by atoms with van der Waals surface area (Å²) in [4.78, 5) is 23.2. The molecule has 0 atom stereocenters. The van der Waals surface area contributed by atoms with E-state index in [0.29, 0.717) is 0 Å². The van der Waals surface area contributed by atoms with Crippen molar-refractivity contribution in [3.8, 4) is 0 Å². The van der Waals surface area contributed by atoms with Crippen molar-refractivity contribution in [3.05, 3.63) is 266 Å². The highest BCUT2D eigenvalue weighted by Crippen LogP contribution is 2.54. The molecule has 0 unspecified atom stereocenters. The van der Waals surface area contributed by atoms with E-state index in [1.54, 1.807) is 0 Å². The maximum absolute atomic E-state index is 7.00. The van der Waals surface area contributed by atoms with Gasteiger partial charge in [0.2, 0.25) is 0 Å². The first-order valence-electron chi connectivity index (χ1n) is 40.1. The minimum atomic E-state index is 0.807. The van der Waals surface area contributed by atoms with E-state index in [1.807, 2.05) is 61.4 Å². The average molecular weight is 1470 g/mol. The second kappa shape index (κ2) is 22.8. The quantitative estimate of drug-likeness (QED) is 0.106. The van der Waals surface area contributed by atoms with Gasteiger partial charge in [-0.25, -0.2) is 0 Å². The summed E-state index contributed by atoms with van der Waals surface area (Å²) in [5.74, 6) is 0. The van der Waals surface area contributed by atoms with E-state index >= 15 is 0 Å². The molecule has 0 fully saturated rings. The molecule has 0 spiro atoms. The molecule has 12 nitrogen and oxygen atoms in total. The second-order valence-corrected chi connectivity index (χ2v) is 31.9. The third-order valence-corrected chi connectivity index (χ3v) is 26.1. The van der Waals surface area contributed by atoms with Gasteiger partial charge in [0.25, 0.3) is 0 Å². The molecule has 0 bridgehead atoms. The number of aryl methyl sites for hydroxylation is 4. The van der Waals surface area contributed by atoms with Gasteiger partial charge in [0.1, 0.15) is 66.9 Å². The lowest BCUT2D eigenvalue weighted by Gasteiger charge is -2.37. The molecule has 538 valence electrons. The molecule has 14 heterocycles. The number of aromatic nitrogens is 4. The SMILES string of the molecule is c1cc2oc3c4c5c(cc3c3c6cccc7oc8c9c%10c(cc8c(c(c1)c23)c76)CCCN%10CCC9)CCCN5CCC4.c1cc2oc3c4ccncc4ccc3c3c4cccc5oc6c7ccncc7ccc6c(c(c1)c23)c54.c1cnc2c(c1)ccc1c2oc2cccc3c2c1c1cccc2oc4c(ccc5cccnc54)c3c21. The van der Waals surface area contributed by atoms with Gasteiger partial charge >= 0.3 is 0 Å². The van der Waals surface area contributed by atoms with E-state index in [0.717, 1.165) is 190 Å². The fraction of sp³-hybridized carbons (Fsp3) is 0.118. The highest BCUT2D eigenvalue weighted by molar-refractivity contribution is 6.44.